The van der Waals surface area contributed by atoms with Crippen molar-refractivity contribution in [2.24, 2.45) is 5.92 Å². The van der Waals surface area contributed by atoms with Crippen molar-refractivity contribution in [3.63, 3.8) is 0 Å². The number of hydrogen-bond donors (Lipinski definition) is 1. The van der Waals surface area contributed by atoms with Gasteiger partial charge in [-0.15, -0.1) is 11.3 Å². The largest absolute Gasteiger partial charge is 0.385 e. The first-order valence-corrected chi connectivity index (χ1v) is 9.06. The maximum atomic E-state index is 12.5. The summed E-state index contributed by atoms with van der Waals surface area (Å²) >= 11 is 1.14. The van der Waals surface area contributed by atoms with E-state index in [1.165, 1.54) is 6.07 Å². The molecule has 2 rings (SSSR count). The van der Waals surface area contributed by atoms with E-state index in [-0.39, 0.29) is 23.4 Å². The summed E-state index contributed by atoms with van der Waals surface area (Å²) in [4.78, 5) is 37.6. The van der Waals surface area contributed by atoms with Crippen LogP contribution < -0.4 is 5.32 Å². The van der Waals surface area contributed by atoms with Crippen LogP contribution in [0.3, 0.4) is 0 Å². The van der Waals surface area contributed by atoms with E-state index in [0.717, 1.165) is 17.8 Å². The number of thiophene rings is 1. The topological polar surface area (TPSA) is 102 Å². The number of nitrogens with one attached hydrogen (secondary N) is 1. The van der Waals surface area contributed by atoms with Gasteiger partial charge in [0.05, 0.1) is 14.7 Å². The van der Waals surface area contributed by atoms with Crippen LogP contribution in [0.5, 0.6) is 0 Å². The summed E-state index contributed by atoms with van der Waals surface area (Å²) in [6, 6.07) is 1.34. The van der Waals surface area contributed by atoms with Gasteiger partial charge in [-0.1, -0.05) is 0 Å². The Morgan fingerprint density at radius 2 is 2.12 bits per heavy atom. The Morgan fingerprint density at radius 1 is 1.44 bits per heavy atom. The lowest BCUT2D eigenvalue weighted by Crippen LogP contribution is -2.43. The smallest absolute Gasteiger partial charge is 0.283 e. The first-order valence-electron chi connectivity index (χ1n) is 8.24. The van der Waals surface area contributed by atoms with Crippen LogP contribution in [-0.4, -0.2) is 55.0 Å². The summed E-state index contributed by atoms with van der Waals surface area (Å²) in [5.74, 6) is -0.267. The second kappa shape index (κ2) is 8.91. The Bertz CT molecular complexity index is 638. The standard InChI is InChI=1S/C16H23N3O5S/c1-11-13(19(22)23)10-14(25-11)16(21)18-7-4-12(5-8-18)15(20)17-6-3-9-24-2/h10,12H,3-9H2,1-2H3,(H,17,20). The van der Waals surface area contributed by atoms with Gasteiger partial charge in [-0.05, 0) is 26.2 Å². The molecule has 2 amide bonds. The second-order valence-electron chi connectivity index (χ2n) is 6.01. The molecule has 1 aromatic rings. The first kappa shape index (κ1) is 19.3. The molecule has 1 fully saturated rings. The fourth-order valence-electron chi connectivity index (χ4n) is 2.83. The monoisotopic (exact) mass is 369 g/mol. The Hall–Kier alpha value is -2.00. The first-order chi connectivity index (χ1) is 11.9. The number of nitrogens with zero attached hydrogens (tertiary/aromatic N) is 2. The van der Waals surface area contributed by atoms with E-state index in [1.807, 2.05) is 0 Å². The minimum Gasteiger partial charge on any atom is -0.385 e. The van der Waals surface area contributed by atoms with Crippen LogP contribution in [0.2, 0.25) is 0 Å². The molecule has 2 heterocycles. The van der Waals surface area contributed by atoms with Gasteiger partial charge in [0, 0.05) is 45.3 Å². The lowest BCUT2D eigenvalue weighted by Gasteiger charge is -2.31. The number of hydrogen-bond acceptors (Lipinski definition) is 6. The maximum Gasteiger partial charge on any atom is 0.283 e. The average molecular weight is 369 g/mol. The molecule has 9 heteroatoms. The molecule has 0 aromatic carbocycles. The number of amides is 2. The summed E-state index contributed by atoms with van der Waals surface area (Å²) in [6.07, 6.45) is 1.98. The van der Waals surface area contributed by atoms with Gasteiger partial charge in [-0.25, -0.2) is 0 Å². The molecule has 138 valence electrons. The molecule has 1 aromatic heterocycles. The molecule has 0 aliphatic carbocycles. The Kier molecular flexibility index (Phi) is 6.89. The summed E-state index contributed by atoms with van der Waals surface area (Å²) < 4.78 is 4.94. The normalized spacial score (nSPS) is 15.2. The van der Waals surface area contributed by atoms with Crippen molar-refractivity contribution in [3.05, 3.63) is 25.9 Å². The molecule has 0 atom stereocenters. The van der Waals surface area contributed by atoms with Crippen LogP contribution in [0.15, 0.2) is 6.07 Å². The highest BCUT2D eigenvalue weighted by Crippen LogP contribution is 2.30. The number of rotatable bonds is 7. The van der Waals surface area contributed by atoms with Crippen LogP contribution in [0.1, 0.15) is 33.8 Å². The number of aryl methyl sites for hydroxylation is 1. The molecule has 1 aliphatic heterocycles. The quantitative estimate of drug-likeness (QED) is 0.450. The van der Waals surface area contributed by atoms with E-state index in [2.05, 4.69) is 5.32 Å². The summed E-state index contributed by atoms with van der Waals surface area (Å²) in [6.45, 7) is 3.81. The summed E-state index contributed by atoms with van der Waals surface area (Å²) in [5.41, 5.74) is -0.0151. The fraction of sp³-hybridized carbons (Fsp3) is 0.625. The molecular weight excluding hydrogens is 346 g/mol. The van der Waals surface area contributed by atoms with Crippen LogP contribution in [0.25, 0.3) is 0 Å². The van der Waals surface area contributed by atoms with Crippen LogP contribution in [0, 0.1) is 23.0 Å². The third-order valence-electron chi connectivity index (χ3n) is 4.28. The minimum atomic E-state index is -0.469. The minimum absolute atomic E-state index is 0.0151. The molecule has 0 unspecified atom stereocenters. The number of carbonyl (C=O) groups excluding carboxylic acids is 2. The van der Waals surface area contributed by atoms with Crippen molar-refractivity contribution < 1.29 is 19.2 Å². The van der Waals surface area contributed by atoms with Gasteiger partial charge < -0.3 is 15.0 Å². The number of ether oxygens (including phenoxy) is 1. The summed E-state index contributed by atoms with van der Waals surface area (Å²) in [7, 11) is 1.62. The number of carbonyl (C=O) groups is 2. The van der Waals surface area contributed by atoms with Crippen molar-refractivity contribution in [1.82, 2.24) is 10.2 Å². The van der Waals surface area contributed by atoms with Gasteiger partial charge >= 0.3 is 0 Å². The zero-order valence-electron chi connectivity index (χ0n) is 14.4. The van der Waals surface area contributed by atoms with Crippen molar-refractivity contribution in [2.75, 3.05) is 33.4 Å². The zero-order valence-corrected chi connectivity index (χ0v) is 15.3. The SMILES string of the molecule is COCCCNC(=O)C1CCN(C(=O)c2cc([N+](=O)[O-])c(C)s2)CC1. The molecule has 8 nitrogen and oxygen atoms in total. The van der Waals surface area contributed by atoms with E-state index in [1.54, 1.807) is 18.9 Å². The molecule has 1 N–H and O–H groups in total. The van der Waals surface area contributed by atoms with E-state index >= 15 is 0 Å². The highest BCUT2D eigenvalue weighted by Gasteiger charge is 2.29. The highest BCUT2D eigenvalue weighted by atomic mass is 32.1. The maximum absolute atomic E-state index is 12.5. The van der Waals surface area contributed by atoms with Crippen molar-refractivity contribution in [3.8, 4) is 0 Å². The summed E-state index contributed by atoms with van der Waals surface area (Å²) in [5, 5.41) is 13.8. The Morgan fingerprint density at radius 3 is 2.68 bits per heavy atom. The van der Waals surface area contributed by atoms with Gasteiger partial charge in [0.25, 0.3) is 11.6 Å². The third-order valence-corrected chi connectivity index (χ3v) is 5.30. The van der Waals surface area contributed by atoms with E-state index in [9.17, 15) is 19.7 Å². The Balaban J connectivity index is 1.85. The lowest BCUT2D eigenvalue weighted by atomic mass is 9.95. The van der Waals surface area contributed by atoms with Gasteiger partial charge in [-0.3, -0.25) is 19.7 Å². The van der Waals surface area contributed by atoms with Crippen molar-refractivity contribution in [1.29, 1.82) is 0 Å². The molecule has 1 aliphatic rings. The number of likely N-dealkylation sites (tertiary alicyclic amines) is 1. The molecule has 0 radical (unpaired) electrons. The van der Waals surface area contributed by atoms with E-state index in [0.29, 0.717) is 48.8 Å². The van der Waals surface area contributed by atoms with Gasteiger partial charge in [0.1, 0.15) is 0 Å². The number of piperidine rings is 1. The predicted molar refractivity (Wildman–Crippen MR) is 93.8 cm³/mol. The van der Waals surface area contributed by atoms with E-state index in [4.69, 9.17) is 4.74 Å². The molecule has 0 saturated carbocycles. The average Bonchev–Trinajstić information content (AvgIpc) is 3.00. The lowest BCUT2D eigenvalue weighted by molar-refractivity contribution is -0.385. The van der Waals surface area contributed by atoms with Crippen molar-refractivity contribution in [2.45, 2.75) is 26.2 Å². The van der Waals surface area contributed by atoms with E-state index < -0.39 is 4.92 Å². The second-order valence-corrected chi connectivity index (χ2v) is 7.27. The fourth-order valence-corrected chi connectivity index (χ4v) is 3.79. The Labute approximate surface area is 150 Å². The van der Waals surface area contributed by atoms with Gasteiger partial charge in [0.2, 0.25) is 5.91 Å². The predicted octanol–water partition coefficient (Wildman–Crippen LogP) is 1.97. The highest BCUT2D eigenvalue weighted by molar-refractivity contribution is 7.14. The zero-order chi connectivity index (χ0) is 18.4. The van der Waals surface area contributed by atoms with Crippen LogP contribution in [-0.2, 0) is 9.53 Å². The molecule has 0 spiro atoms. The van der Waals surface area contributed by atoms with Crippen molar-refractivity contribution >= 4 is 28.8 Å². The van der Waals surface area contributed by atoms with Gasteiger partial charge in [-0.2, -0.15) is 0 Å². The third kappa shape index (κ3) is 4.99. The molecular formula is C16H23N3O5S. The molecule has 25 heavy (non-hydrogen) atoms. The molecule has 1 saturated heterocycles. The van der Waals surface area contributed by atoms with Crippen LogP contribution >= 0.6 is 11.3 Å². The van der Waals surface area contributed by atoms with Crippen LogP contribution in [0.4, 0.5) is 5.69 Å². The number of methoxy groups -OCH3 is 1. The number of nitro groups is 1. The van der Waals surface area contributed by atoms with Gasteiger partial charge in [0.15, 0.2) is 0 Å². The molecule has 0 bridgehead atoms.